The van der Waals surface area contributed by atoms with Crippen LogP contribution in [0.2, 0.25) is 10.2 Å². The van der Waals surface area contributed by atoms with E-state index in [-0.39, 0.29) is 0 Å². The van der Waals surface area contributed by atoms with Crippen LogP contribution in [0, 0.1) is 6.92 Å². The first-order chi connectivity index (χ1) is 8.15. The molecular formula is C12H10Cl2N2O. The number of hydrogen-bond donors (Lipinski definition) is 0. The summed E-state index contributed by atoms with van der Waals surface area (Å²) in [7, 11) is 0. The average Bonchev–Trinajstić information content (AvgIpc) is 2.33. The molecule has 0 unspecified atom stereocenters. The number of aromatic nitrogens is 2. The Hall–Kier alpha value is -1.32. The minimum absolute atomic E-state index is 0.352. The van der Waals surface area contributed by atoms with Crippen LogP contribution < -0.4 is 4.74 Å². The predicted molar refractivity (Wildman–Crippen MR) is 67.6 cm³/mol. The van der Waals surface area contributed by atoms with Gasteiger partial charge in [0.1, 0.15) is 18.1 Å². The van der Waals surface area contributed by atoms with Gasteiger partial charge in [0.05, 0.1) is 0 Å². The van der Waals surface area contributed by atoms with Crippen LogP contribution in [-0.2, 0) is 6.61 Å². The molecule has 0 fully saturated rings. The second-order valence-electron chi connectivity index (χ2n) is 3.55. The van der Waals surface area contributed by atoms with Gasteiger partial charge >= 0.3 is 0 Å². The molecule has 3 nitrogen and oxygen atoms in total. The van der Waals surface area contributed by atoms with Crippen LogP contribution in [0.15, 0.2) is 30.3 Å². The van der Waals surface area contributed by atoms with E-state index in [2.05, 4.69) is 10.2 Å². The standard InChI is InChI=1S/C12H10Cl2N2O/c1-8-6-10(3-4-11(8)13)17-7-9-2-5-12(14)16-15-9/h2-6H,7H2,1H3. The minimum atomic E-state index is 0.352. The average molecular weight is 269 g/mol. The molecule has 1 aromatic carbocycles. The van der Waals surface area contributed by atoms with Crippen LogP contribution in [0.1, 0.15) is 11.3 Å². The van der Waals surface area contributed by atoms with Crippen molar-refractivity contribution in [3.05, 3.63) is 51.8 Å². The summed E-state index contributed by atoms with van der Waals surface area (Å²) >= 11 is 11.6. The summed E-state index contributed by atoms with van der Waals surface area (Å²) in [5.41, 5.74) is 1.70. The van der Waals surface area contributed by atoms with Gasteiger partial charge in [0.15, 0.2) is 5.15 Å². The molecule has 0 saturated heterocycles. The van der Waals surface area contributed by atoms with Crippen LogP contribution in [-0.4, -0.2) is 10.2 Å². The largest absolute Gasteiger partial charge is 0.487 e. The first kappa shape index (κ1) is 12.1. The highest BCUT2D eigenvalue weighted by atomic mass is 35.5. The molecule has 0 radical (unpaired) electrons. The Bertz CT molecular complexity index is 514. The third-order valence-electron chi connectivity index (χ3n) is 2.20. The highest BCUT2D eigenvalue weighted by molar-refractivity contribution is 6.31. The Kier molecular flexibility index (Phi) is 3.82. The summed E-state index contributed by atoms with van der Waals surface area (Å²) in [6.07, 6.45) is 0. The van der Waals surface area contributed by atoms with Crippen LogP contribution >= 0.6 is 23.2 Å². The zero-order valence-corrected chi connectivity index (χ0v) is 10.7. The van der Waals surface area contributed by atoms with Crippen molar-refractivity contribution in [2.45, 2.75) is 13.5 Å². The molecule has 2 rings (SSSR count). The lowest BCUT2D eigenvalue weighted by molar-refractivity contribution is 0.299. The number of aryl methyl sites for hydroxylation is 1. The van der Waals surface area contributed by atoms with E-state index >= 15 is 0 Å². The number of halogens is 2. The number of nitrogens with zero attached hydrogens (tertiary/aromatic N) is 2. The molecular weight excluding hydrogens is 259 g/mol. The maximum Gasteiger partial charge on any atom is 0.151 e. The lowest BCUT2D eigenvalue weighted by atomic mass is 10.2. The van der Waals surface area contributed by atoms with Gasteiger partial charge in [-0.15, -0.1) is 5.10 Å². The van der Waals surface area contributed by atoms with Crippen molar-refractivity contribution in [2.75, 3.05) is 0 Å². The summed E-state index contributed by atoms with van der Waals surface area (Å²) < 4.78 is 5.56. The monoisotopic (exact) mass is 268 g/mol. The van der Waals surface area contributed by atoms with Crippen molar-refractivity contribution in [3.63, 3.8) is 0 Å². The SMILES string of the molecule is Cc1cc(OCc2ccc(Cl)nn2)ccc1Cl. The topological polar surface area (TPSA) is 35.0 Å². The molecule has 5 heteroatoms. The molecule has 0 amide bonds. The molecule has 1 aromatic heterocycles. The minimum Gasteiger partial charge on any atom is -0.487 e. The van der Waals surface area contributed by atoms with Crippen LogP contribution in [0.4, 0.5) is 0 Å². The summed E-state index contributed by atoms with van der Waals surface area (Å²) in [6.45, 7) is 2.28. The van der Waals surface area contributed by atoms with Gasteiger partial charge in [0.2, 0.25) is 0 Å². The van der Waals surface area contributed by atoms with Crippen molar-refractivity contribution in [1.29, 1.82) is 0 Å². The lowest BCUT2D eigenvalue weighted by Crippen LogP contribution is -1.99. The van der Waals surface area contributed by atoms with E-state index in [4.69, 9.17) is 27.9 Å². The van der Waals surface area contributed by atoms with Crippen molar-refractivity contribution in [2.24, 2.45) is 0 Å². The summed E-state index contributed by atoms with van der Waals surface area (Å²) in [5, 5.41) is 8.73. The highest BCUT2D eigenvalue weighted by Crippen LogP contribution is 2.21. The van der Waals surface area contributed by atoms with E-state index in [0.29, 0.717) is 11.8 Å². The Morgan fingerprint density at radius 3 is 2.59 bits per heavy atom. The number of hydrogen-bond acceptors (Lipinski definition) is 3. The summed E-state index contributed by atoms with van der Waals surface area (Å²) in [4.78, 5) is 0. The molecule has 0 aliphatic rings. The molecule has 1 heterocycles. The van der Waals surface area contributed by atoms with E-state index in [0.717, 1.165) is 22.0 Å². The van der Waals surface area contributed by atoms with Gasteiger partial charge in [-0.3, -0.25) is 0 Å². The van der Waals surface area contributed by atoms with Crippen LogP contribution in [0.25, 0.3) is 0 Å². The fourth-order valence-electron chi connectivity index (χ4n) is 1.28. The molecule has 0 spiro atoms. The van der Waals surface area contributed by atoms with Gasteiger partial charge in [-0.2, -0.15) is 5.10 Å². The van der Waals surface area contributed by atoms with Gasteiger partial charge in [-0.1, -0.05) is 23.2 Å². The fraction of sp³-hybridized carbons (Fsp3) is 0.167. The summed E-state index contributed by atoms with van der Waals surface area (Å²) in [5.74, 6) is 0.753. The Morgan fingerprint density at radius 2 is 1.94 bits per heavy atom. The zero-order valence-electron chi connectivity index (χ0n) is 9.15. The normalized spacial score (nSPS) is 10.3. The van der Waals surface area contributed by atoms with E-state index in [1.165, 1.54) is 0 Å². The first-order valence-corrected chi connectivity index (χ1v) is 5.78. The van der Waals surface area contributed by atoms with Crippen molar-refractivity contribution in [1.82, 2.24) is 10.2 Å². The number of benzene rings is 1. The molecule has 0 saturated carbocycles. The zero-order chi connectivity index (χ0) is 12.3. The van der Waals surface area contributed by atoms with Gasteiger partial charge in [-0.25, -0.2) is 0 Å². The smallest absolute Gasteiger partial charge is 0.151 e. The van der Waals surface area contributed by atoms with Crippen molar-refractivity contribution in [3.8, 4) is 5.75 Å². The van der Waals surface area contributed by atoms with Gasteiger partial charge < -0.3 is 4.74 Å². The Balaban J connectivity index is 2.02. The fourth-order valence-corrected chi connectivity index (χ4v) is 1.50. The maximum absolute atomic E-state index is 5.92. The second kappa shape index (κ2) is 5.34. The molecule has 2 aromatic rings. The van der Waals surface area contributed by atoms with Crippen LogP contribution in [0.3, 0.4) is 0 Å². The predicted octanol–water partition coefficient (Wildman–Crippen LogP) is 3.67. The molecule has 0 aliphatic carbocycles. The van der Waals surface area contributed by atoms with E-state index in [9.17, 15) is 0 Å². The third kappa shape index (κ3) is 3.32. The molecule has 0 bridgehead atoms. The molecule has 0 N–H and O–H groups in total. The van der Waals surface area contributed by atoms with Crippen molar-refractivity contribution < 1.29 is 4.74 Å². The molecule has 0 aliphatic heterocycles. The molecule has 17 heavy (non-hydrogen) atoms. The first-order valence-electron chi connectivity index (χ1n) is 5.02. The molecule has 88 valence electrons. The van der Waals surface area contributed by atoms with Gasteiger partial charge in [-0.05, 0) is 42.8 Å². The molecule has 0 atom stereocenters. The Labute approximate surface area is 109 Å². The van der Waals surface area contributed by atoms with Gasteiger partial charge in [0.25, 0.3) is 0 Å². The van der Waals surface area contributed by atoms with Crippen LogP contribution in [0.5, 0.6) is 5.75 Å². The highest BCUT2D eigenvalue weighted by Gasteiger charge is 2.01. The van der Waals surface area contributed by atoms with E-state index in [1.54, 1.807) is 18.2 Å². The van der Waals surface area contributed by atoms with Crippen molar-refractivity contribution >= 4 is 23.2 Å². The lowest BCUT2D eigenvalue weighted by Gasteiger charge is -2.06. The summed E-state index contributed by atoms with van der Waals surface area (Å²) in [6, 6.07) is 8.96. The Morgan fingerprint density at radius 1 is 1.12 bits per heavy atom. The number of ether oxygens (including phenoxy) is 1. The maximum atomic E-state index is 5.92. The number of rotatable bonds is 3. The van der Waals surface area contributed by atoms with Gasteiger partial charge in [0, 0.05) is 5.02 Å². The van der Waals surface area contributed by atoms with E-state index < -0.39 is 0 Å². The van der Waals surface area contributed by atoms with E-state index in [1.807, 2.05) is 19.1 Å². The third-order valence-corrected chi connectivity index (χ3v) is 2.83. The quantitative estimate of drug-likeness (QED) is 0.852. The second-order valence-corrected chi connectivity index (χ2v) is 4.34.